The van der Waals surface area contributed by atoms with E-state index < -0.39 is 0 Å². The van der Waals surface area contributed by atoms with Crippen LogP contribution in [0.3, 0.4) is 0 Å². The molecule has 0 spiro atoms. The van der Waals surface area contributed by atoms with Gasteiger partial charge < -0.3 is 10.1 Å². The molecule has 0 bridgehead atoms. The van der Waals surface area contributed by atoms with Gasteiger partial charge in [0.05, 0.1) is 5.52 Å². The van der Waals surface area contributed by atoms with Crippen molar-refractivity contribution in [2.45, 2.75) is 6.92 Å². The van der Waals surface area contributed by atoms with Crippen molar-refractivity contribution in [3.63, 3.8) is 0 Å². The van der Waals surface area contributed by atoms with Crippen molar-refractivity contribution in [3.8, 4) is 5.75 Å². The van der Waals surface area contributed by atoms with Crippen LogP contribution >= 0.6 is 0 Å². The number of nitrogens with one attached hydrogen (secondary N) is 2. The minimum atomic E-state index is -0.330. The average Bonchev–Trinajstić information content (AvgIpc) is 2.59. The van der Waals surface area contributed by atoms with Gasteiger partial charge in [0.25, 0.3) is 0 Å². The van der Waals surface area contributed by atoms with E-state index in [1.807, 2.05) is 6.07 Å². The van der Waals surface area contributed by atoms with Gasteiger partial charge in [-0.15, -0.1) is 0 Å². The second-order valence-corrected chi connectivity index (χ2v) is 3.12. The third kappa shape index (κ3) is 1.76. The van der Waals surface area contributed by atoms with Gasteiger partial charge in [0.2, 0.25) is 0 Å². The van der Waals surface area contributed by atoms with Crippen LogP contribution in [0.2, 0.25) is 0 Å². The molecule has 0 aliphatic rings. The van der Waals surface area contributed by atoms with Crippen molar-refractivity contribution < 1.29 is 9.53 Å². The quantitative estimate of drug-likeness (QED) is 0.576. The first kappa shape index (κ1) is 9.51. The molecule has 1 heterocycles. The number of hydrogen-bond donors (Lipinski definition) is 2. The maximum Gasteiger partial charge on any atom is 0.308 e. The number of H-pyrrole nitrogens is 1. The zero-order valence-electron chi connectivity index (χ0n) is 8.50. The molecule has 0 unspecified atom stereocenters. The van der Waals surface area contributed by atoms with Crippen LogP contribution < -0.4 is 10.1 Å². The number of benzene rings is 1. The van der Waals surface area contributed by atoms with Crippen LogP contribution in [0, 0.1) is 0 Å². The van der Waals surface area contributed by atoms with Gasteiger partial charge in [-0.25, -0.2) is 0 Å². The van der Waals surface area contributed by atoms with E-state index in [1.165, 1.54) is 6.92 Å². The van der Waals surface area contributed by atoms with Crippen LogP contribution in [0.15, 0.2) is 18.2 Å². The van der Waals surface area contributed by atoms with Crippen LogP contribution in [0.1, 0.15) is 6.92 Å². The van der Waals surface area contributed by atoms with E-state index in [0.29, 0.717) is 5.75 Å². The maximum absolute atomic E-state index is 10.8. The zero-order valence-corrected chi connectivity index (χ0v) is 8.50. The monoisotopic (exact) mass is 205 g/mol. The summed E-state index contributed by atoms with van der Waals surface area (Å²) in [5.41, 5.74) is 0.898. The summed E-state index contributed by atoms with van der Waals surface area (Å²) in [6, 6.07) is 5.31. The van der Waals surface area contributed by atoms with Gasteiger partial charge in [-0.2, -0.15) is 5.10 Å². The smallest absolute Gasteiger partial charge is 0.308 e. The number of esters is 1. The van der Waals surface area contributed by atoms with Crippen molar-refractivity contribution in [1.82, 2.24) is 10.2 Å². The largest absolute Gasteiger partial charge is 0.427 e. The molecular formula is C10H11N3O2. The van der Waals surface area contributed by atoms with Crippen molar-refractivity contribution in [1.29, 1.82) is 0 Å². The van der Waals surface area contributed by atoms with Gasteiger partial charge in [-0.3, -0.25) is 9.89 Å². The molecule has 78 valence electrons. The van der Waals surface area contributed by atoms with Crippen LogP contribution in [-0.4, -0.2) is 23.2 Å². The normalized spacial score (nSPS) is 10.3. The molecule has 0 aliphatic carbocycles. The Kier molecular flexibility index (Phi) is 2.29. The molecule has 0 radical (unpaired) electrons. The highest BCUT2D eigenvalue weighted by molar-refractivity contribution is 5.91. The molecule has 1 aromatic heterocycles. The van der Waals surface area contributed by atoms with E-state index in [4.69, 9.17) is 4.74 Å². The molecule has 2 rings (SSSR count). The van der Waals surface area contributed by atoms with Crippen molar-refractivity contribution in [2.75, 3.05) is 12.4 Å². The van der Waals surface area contributed by atoms with Crippen molar-refractivity contribution in [2.24, 2.45) is 0 Å². The third-order valence-electron chi connectivity index (χ3n) is 2.03. The van der Waals surface area contributed by atoms with E-state index >= 15 is 0 Å². The highest BCUT2D eigenvalue weighted by atomic mass is 16.5. The molecule has 1 aromatic carbocycles. The lowest BCUT2D eigenvalue weighted by atomic mass is 10.2. The van der Waals surface area contributed by atoms with Gasteiger partial charge in [0, 0.05) is 19.4 Å². The molecule has 0 saturated carbocycles. The Morgan fingerprint density at radius 3 is 3.00 bits per heavy atom. The van der Waals surface area contributed by atoms with E-state index in [9.17, 15) is 4.79 Å². The number of aromatic nitrogens is 2. The third-order valence-corrected chi connectivity index (χ3v) is 2.03. The number of hydrogen-bond acceptors (Lipinski definition) is 4. The standard InChI is InChI=1S/C10H11N3O2/c1-6(14)15-7-3-4-9-8(5-7)10(11-2)13-12-9/h3-5H,1-2H3,(H2,11,12,13). The molecule has 2 aromatic rings. The first-order chi connectivity index (χ1) is 7.20. The SMILES string of the molecule is CNc1n[nH]c2ccc(OC(C)=O)cc12. The Balaban J connectivity index is 2.47. The molecule has 5 nitrogen and oxygen atoms in total. The molecule has 0 amide bonds. The molecule has 0 aliphatic heterocycles. The van der Waals surface area contributed by atoms with E-state index in [0.717, 1.165) is 16.7 Å². The van der Waals surface area contributed by atoms with Gasteiger partial charge in [-0.05, 0) is 18.2 Å². The fraction of sp³-hybridized carbons (Fsp3) is 0.200. The Bertz CT molecular complexity index is 504. The predicted molar refractivity (Wildman–Crippen MR) is 56.9 cm³/mol. The van der Waals surface area contributed by atoms with Crippen LogP contribution in [0.25, 0.3) is 10.9 Å². The maximum atomic E-state index is 10.8. The second kappa shape index (κ2) is 3.61. The molecule has 0 saturated heterocycles. The predicted octanol–water partition coefficient (Wildman–Crippen LogP) is 1.53. The van der Waals surface area contributed by atoms with E-state index in [1.54, 1.807) is 19.2 Å². The van der Waals surface area contributed by atoms with Gasteiger partial charge in [-0.1, -0.05) is 0 Å². The summed E-state index contributed by atoms with van der Waals surface area (Å²) in [6.07, 6.45) is 0. The molecular weight excluding hydrogens is 194 g/mol. The summed E-state index contributed by atoms with van der Waals surface area (Å²) in [6.45, 7) is 1.37. The lowest BCUT2D eigenvalue weighted by molar-refractivity contribution is -0.131. The zero-order chi connectivity index (χ0) is 10.8. The fourth-order valence-corrected chi connectivity index (χ4v) is 1.41. The Morgan fingerprint density at radius 1 is 1.53 bits per heavy atom. The number of carbonyl (C=O) groups is 1. The van der Waals surface area contributed by atoms with Crippen molar-refractivity contribution >= 4 is 22.7 Å². The van der Waals surface area contributed by atoms with Gasteiger partial charge in [0.1, 0.15) is 5.75 Å². The average molecular weight is 205 g/mol. The van der Waals surface area contributed by atoms with Crippen LogP contribution in [0.4, 0.5) is 5.82 Å². The first-order valence-electron chi connectivity index (χ1n) is 4.55. The Morgan fingerprint density at radius 2 is 2.33 bits per heavy atom. The Labute approximate surface area is 86.4 Å². The van der Waals surface area contributed by atoms with Gasteiger partial charge in [0.15, 0.2) is 5.82 Å². The molecule has 5 heteroatoms. The number of nitrogens with zero attached hydrogens (tertiary/aromatic N) is 1. The topological polar surface area (TPSA) is 67.0 Å². The van der Waals surface area contributed by atoms with E-state index in [2.05, 4.69) is 15.5 Å². The fourth-order valence-electron chi connectivity index (χ4n) is 1.41. The lowest BCUT2D eigenvalue weighted by Crippen LogP contribution is -2.00. The second-order valence-electron chi connectivity index (χ2n) is 3.12. The van der Waals surface area contributed by atoms with E-state index in [-0.39, 0.29) is 5.97 Å². The van der Waals surface area contributed by atoms with Crippen molar-refractivity contribution in [3.05, 3.63) is 18.2 Å². The summed E-state index contributed by atoms with van der Waals surface area (Å²) in [4.78, 5) is 10.8. The summed E-state index contributed by atoms with van der Waals surface area (Å²) in [5.74, 6) is 0.927. The number of anilines is 1. The number of fused-ring (bicyclic) bond motifs is 1. The number of rotatable bonds is 2. The lowest BCUT2D eigenvalue weighted by Gasteiger charge is -2.01. The van der Waals surface area contributed by atoms with Crippen LogP contribution in [-0.2, 0) is 4.79 Å². The Hall–Kier alpha value is -2.04. The highest BCUT2D eigenvalue weighted by Gasteiger charge is 2.06. The highest BCUT2D eigenvalue weighted by Crippen LogP contribution is 2.24. The molecule has 2 N–H and O–H groups in total. The summed E-state index contributed by atoms with van der Waals surface area (Å²) in [5, 5.41) is 10.8. The minimum Gasteiger partial charge on any atom is -0.427 e. The summed E-state index contributed by atoms with van der Waals surface area (Å²) in [7, 11) is 1.79. The summed E-state index contributed by atoms with van der Waals surface area (Å²) < 4.78 is 4.98. The molecule has 0 fully saturated rings. The summed E-state index contributed by atoms with van der Waals surface area (Å²) >= 11 is 0. The minimum absolute atomic E-state index is 0.330. The number of carbonyl (C=O) groups excluding carboxylic acids is 1. The molecule has 15 heavy (non-hydrogen) atoms. The first-order valence-corrected chi connectivity index (χ1v) is 4.55. The van der Waals surface area contributed by atoms with Gasteiger partial charge >= 0.3 is 5.97 Å². The molecule has 0 atom stereocenters. The van der Waals surface area contributed by atoms with Crippen LogP contribution in [0.5, 0.6) is 5.75 Å². The number of ether oxygens (including phenoxy) is 1. The number of aromatic amines is 1.